The van der Waals surface area contributed by atoms with Crippen LogP contribution in [0, 0.1) is 23.1 Å². The number of nitrogens with zero attached hydrogens (tertiary/aromatic N) is 6. The molecule has 0 aliphatic carbocycles. The first-order valence-corrected chi connectivity index (χ1v) is 22.7. The summed E-state index contributed by atoms with van der Waals surface area (Å²) in [7, 11) is 1.00. The minimum absolute atomic E-state index is 0.0469. The minimum atomic E-state index is -2.32. The molecule has 3 fully saturated rings. The highest BCUT2D eigenvalue weighted by atomic mass is 28.3. The summed E-state index contributed by atoms with van der Waals surface area (Å²) in [5.74, 6) is 2.69. The van der Waals surface area contributed by atoms with Crippen molar-refractivity contribution in [3.8, 4) is 34.5 Å². The van der Waals surface area contributed by atoms with E-state index in [9.17, 15) is 14.3 Å². The van der Waals surface area contributed by atoms with Gasteiger partial charge in [0.15, 0.2) is 12.6 Å². The number of methoxy groups -OCH3 is 1. The van der Waals surface area contributed by atoms with Crippen LogP contribution in [0.2, 0.25) is 16.6 Å². The van der Waals surface area contributed by atoms with E-state index in [1.54, 1.807) is 18.2 Å². The van der Waals surface area contributed by atoms with Gasteiger partial charge in [0.2, 0.25) is 0 Å². The molecule has 0 radical (unpaired) electrons. The van der Waals surface area contributed by atoms with Gasteiger partial charge in [0.05, 0.1) is 28.6 Å². The zero-order valence-electron chi connectivity index (χ0n) is 35.4. The average Bonchev–Trinajstić information content (AvgIpc) is 3.61. The lowest BCUT2D eigenvalue weighted by molar-refractivity contribution is 0.0512. The van der Waals surface area contributed by atoms with Crippen molar-refractivity contribution in [2.75, 3.05) is 52.1 Å². The highest BCUT2D eigenvalue weighted by molar-refractivity contribution is 6.90. The standard InChI is InChI=1S/C44H55F3N6O5Si/c1-25(2)59(26(3)4,27(5)6)15-14-33-36(46)13-10-28-16-32(58-24-56-9)17-34(37(28)33)39-38(47)40-35(19-48-39)41(52-21-30-11-12-31(22-52)53(30)43(54)55)50-42(49-40)57-23-44(7)18-29(45)20-51(44)8/h10,13,16-17,19,25-27,29-31H,11-12,18,20-24H2,1-9H3,(H,54,55)/t29-,30-,31+,44-/m1/s1. The van der Waals surface area contributed by atoms with Crippen molar-refractivity contribution >= 4 is 41.7 Å². The Morgan fingerprint density at radius 2 is 1.69 bits per heavy atom. The van der Waals surface area contributed by atoms with E-state index in [4.69, 9.17) is 24.2 Å². The van der Waals surface area contributed by atoms with E-state index in [0.717, 1.165) is 0 Å². The number of amides is 1. The molecule has 3 aliphatic heterocycles. The maximum Gasteiger partial charge on any atom is 0.407 e. The van der Waals surface area contributed by atoms with Crippen molar-refractivity contribution in [1.29, 1.82) is 0 Å². The molecule has 0 unspecified atom stereocenters. The molecule has 15 heteroatoms. The summed E-state index contributed by atoms with van der Waals surface area (Å²) < 4.78 is 65.7. The number of carbonyl (C=O) groups is 1. The predicted molar refractivity (Wildman–Crippen MR) is 226 cm³/mol. The summed E-state index contributed by atoms with van der Waals surface area (Å²) in [5, 5.41) is 11.2. The number of halogens is 3. The molecule has 2 aromatic heterocycles. The van der Waals surface area contributed by atoms with E-state index in [1.807, 2.05) is 23.8 Å². The molecule has 0 saturated carbocycles. The van der Waals surface area contributed by atoms with Crippen molar-refractivity contribution in [2.24, 2.45) is 0 Å². The second-order valence-electron chi connectivity index (χ2n) is 17.6. The van der Waals surface area contributed by atoms with Crippen LogP contribution in [0.3, 0.4) is 0 Å². The lowest BCUT2D eigenvalue weighted by Gasteiger charge is -2.40. The normalized spacial score (nSPS) is 22.3. The molecule has 1 N–H and O–H groups in total. The van der Waals surface area contributed by atoms with E-state index in [-0.39, 0.29) is 66.8 Å². The fraction of sp³-hybridized carbons (Fsp3) is 0.545. The summed E-state index contributed by atoms with van der Waals surface area (Å²) in [6.07, 6.45) is 1.14. The lowest BCUT2D eigenvalue weighted by Crippen LogP contribution is -2.55. The fourth-order valence-electron chi connectivity index (χ4n) is 10.0. The highest BCUT2D eigenvalue weighted by Crippen LogP contribution is 2.43. The van der Waals surface area contributed by atoms with Gasteiger partial charge in [-0.15, -0.1) is 5.54 Å². The third-order valence-corrected chi connectivity index (χ3v) is 19.4. The number of ether oxygens (including phenoxy) is 3. The number of rotatable bonds is 11. The number of carboxylic acid groups (broad SMARTS) is 1. The third-order valence-electron chi connectivity index (χ3n) is 13.1. The first kappa shape index (κ1) is 42.5. The Hall–Kier alpha value is -4.65. The highest BCUT2D eigenvalue weighted by Gasteiger charge is 2.45. The number of aromatic nitrogens is 3. The summed E-state index contributed by atoms with van der Waals surface area (Å²) in [5.41, 5.74) is 4.10. The summed E-state index contributed by atoms with van der Waals surface area (Å²) in [6, 6.07) is 5.71. The molecule has 3 saturated heterocycles. The number of hydrogen-bond donors (Lipinski definition) is 1. The fourth-order valence-corrected chi connectivity index (χ4v) is 15.3. The smallest absolute Gasteiger partial charge is 0.407 e. The topological polar surface area (TPSA) is 113 Å². The molecular formula is C44H55F3N6O5Si. The molecule has 3 aliphatic rings. The van der Waals surface area contributed by atoms with Crippen LogP contribution in [0.15, 0.2) is 30.5 Å². The van der Waals surface area contributed by atoms with E-state index in [1.165, 1.54) is 24.3 Å². The zero-order valence-corrected chi connectivity index (χ0v) is 36.4. The van der Waals surface area contributed by atoms with E-state index >= 15 is 8.78 Å². The van der Waals surface area contributed by atoms with Gasteiger partial charge in [-0.1, -0.05) is 53.5 Å². The van der Waals surface area contributed by atoms with Gasteiger partial charge in [-0.2, -0.15) is 9.97 Å². The maximum absolute atomic E-state index is 17.6. The van der Waals surface area contributed by atoms with Crippen molar-refractivity contribution in [2.45, 2.75) is 108 Å². The zero-order chi connectivity index (χ0) is 42.6. The van der Waals surface area contributed by atoms with Gasteiger partial charge in [-0.25, -0.2) is 18.0 Å². The number of anilines is 1. The third kappa shape index (κ3) is 7.68. The van der Waals surface area contributed by atoms with E-state index < -0.39 is 37.5 Å². The number of benzene rings is 2. The van der Waals surface area contributed by atoms with Gasteiger partial charge in [-0.3, -0.25) is 14.8 Å². The van der Waals surface area contributed by atoms with Gasteiger partial charge in [0, 0.05) is 50.3 Å². The number of pyridine rings is 1. The summed E-state index contributed by atoms with van der Waals surface area (Å²) in [4.78, 5) is 31.6. The van der Waals surface area contributed by atoms with Gasteiger partial charge < -0.3 is 24.2 Å². The Balaban J connectivity index is 1.43. The SMILES string of the molecule is COCOc1cc(-c2ncc3c(N4C[C@H]5CC[C@@H](C4)N5C(=O)O)nc(OC[C@@]4(C)C[C@@H](F)CN4C)nc3c2F)c2c(C#C[Si](C(C)C)(C(C)C)C(C)C)c(F)ccc2c1. The number of hydrogen-bond acceptors (Lipinski definition) is 9. The van der Waals surface area contributed by atoms with Crippen LogP contribution >= 0.6 is 0 Å². The van der Waals surface area contributed by atoms with Crippen molar-refractivity contribution in [3.63, 3.8) is 0 Å². The Labute approximate surface area is 345 Å². The molecule has 59 heavy (non-hydrogen) atoms. The molecule has 2 aromatic carbocycles. The second-order valence-corrected chi connectivity index (χ2v) is 23.2. The maximum atomic E-state index is 17.6. The van der Waals surface area contributed by atoms with Crippen LogP contribution in [0.25, 0.3) is 32.9 Å². The Kier molecular flexibility index (Phi) is 11.8. The van der Waals surface area contributed by atoms with Crippen molar-refractivity contribution < 1.29 is 37.3 Å². The molecule has 2 bridgehead atoms. The van der Waals surface area contributed by atoms with Crippen molar-refractivity contribution in [3.05, 3.63) is 47.7 Å². The molecule has 7 rings (SSSR count). The van der Waals surface area contributed by atoms with Crippen LogP contribution < -0.4 is 14.4 Å². The summed E-state index contributed by atoms with van der Waals surface area (Å²) >= 11 is 0. The first-order valence-electron chi connectivity index (χ1n) is 20.5. The largest absolute Gasteiger partial charge is 0.468 e. The molecule has 4 aromatic rings. The van der Waals surface area contributed by atoms with E-state index in [2.05, 4.69) is 58.0 Å². The van der Waals surface area contributed by atoms with Gasteiger partial charge in [0.1, 0.15) is 49.4 Å². The number of piperazine rings is 1. The van der Waals surface area contributed by atoms with Crippen LogP contribution in [0.1, 0.15) is 73.3 Å². The average molecular weight is 833 g/mol. The minimum Gasteiger partial charge on any atom is -0.468 e. The lowest BCUT2D eigenvalue weighted by atomic mass is 9.95. The molecule has 11 nitrogen and oxygen atoms in total. The van der Waals surface area contributed by atoms with Gasteiger partial charge in [0.25, 0.3) is 0 Å². The monoisotopic (exact) mass is 832 g/mol. The number of alkyl halides is 1. The molecule has 5 heterocycles. The molecule has 316 valence electrons. The molecule has 4 atom stereocenters. The van der Waals surface area contributed by atoms with Crippen molar-refractivity contribution in [1.82, 2.24) is 24.8 Å². The number of likely N-dealkylation sites (tertiary alicyclic amines) is 1. The molecular weight excluding hydrogens is 778 g/mol. The van der Waals surface area contributed by atoms with Crippen LogP contribution in [0.5, 0.6) is 11.8 Å². The molecule has 0 spiro atoms. The second kappa shape index (κ2) is 16.4. The van der Waals surface area contributed by atoms with Gasteiger partial charge in [-0.05, 0) is 67.0 Å². The van der Waals surface area contributed by atoms with Crippen LogP contribution in [-0.4, -0.2) is 115 Å². The van der Waals surface area contributed by atoms with Crippen LogP contribution in [-0.2, 0) is 4.74 Å². The summed E-state index contributed by atoms with van der Waals surface area (Å²) in [6.45, 7) is 15.9. The first-order chi connectivity index (χ1) is 28.0. The molecule has 1 amide bonds. The Bertz CT molecular complexity index is 2280. The number of likely N-dealkylation sites (N-methyl/N-ethyl adjacent to an activating group) is 1. The number of fused-ring (bicyclic) bond motifs is 4. The van der Waals surface area contributed by atoms with Crippen LogP contribution in [0.4, 0.5) is 23.8 Å². The quantitative estimate of drug-likeness (QED) is 0.0894. The Morgan fingerprint density at radius 3 is 2.29 bits per heavy atom. The Morgan fingerprint density at radius 1 is 1.02 bits per heavy atom. The van der Waals surface area contributed by atoms with Gasteiger partial charge >= 0.3 is 12.1 Å². The van der Waals surface area contributed by atoms with E-state index in [0.29, 0.717) is 70.3 Å². The predicted octanol–water partition coefficient (Wildman–Crippen LogP) is 8.82.